The second kappa shape index (κ2) is 4.48. The van der Waals surface area contributed by atoms with Gasteiger partial charge in [0.1, 0.15) is 5.75 Å². The lowest BCUT2D eigenvalue weighted by molar-refractivity contribution is 0.244. The maximum absolute atomic E-state index is 10.0. The van der Waals surface area contributed by atoms with Crippen molar-refractivity contribution in [1.29, 1.82) is 0 Å². The number of halogens is 1. The molecule has 0 saturated heterocycles. The third-order valence-corrected chi connectivity index (χ3v) is 6.00. The molecule has 1 aliphatic carbocycles. The van der Waals surface area contributed by atoms with E-state index in [1.165, 1.54) is 21.6 Å². The molecular weight excluding hydrogens is 290 g/mol. The zero-order valence-corrected chi connectivity index (χ0v) is 12.8. The van der Waals surface area contributed by atoms with E-state index in [2.05, 4.69) is 23.4 Å². The van der Waals surface area contributed by atoms with Gasteiger partial charge in [-0.25, -0.2) is 0 Å². The average molecular weight is 306 g/mol. The standard InChI is InChI=1S/C16H16ClNOS/c1-18-4-2-9-6-12(17)14(19)7-11(9)16-10-3-5-20-15(10)8-13(16)18/h3,5-7,13,16,19H,2,4,8H2,1H3. The van der Waals surface area contributed by atoms with Gasteiger partial charge in [-0.1, -0.05) is 11.6 Å². The van der Waals surface area contributed by atoms with Crippen LogP contribution in [0.2, 0.25) is 5.02 Å². The topological polar surface area (TPSA) is 23.5 Å². The lowest BCUT2D eigenvalue weighted by Gasteiger charge is -2.27. The maximum Gasteiger partial charge on any atom is 0.134 e. The van der Waals surface area contributed by atoms with Gasteiger partial charge in [-0.3, -0.25) is 0 Å². The summed E-state index contributed by atoms with van der Waals surface area (Å²) in [5.74, 6) is 0.583. The number of nitrogens with zero attached hydrogens (tertiary/aromatic N) is 1. The first kappa shape index (κ1) is 12.7. The Balaban J connectivity index is 1.93. The number of phenolic OH excluding ortho intramolecular Hbond substituents is 1. The smallest absolute Gasteiger partial charge is 0.134 e. The van der Waals surface area contributed by atoms with Crippen LogP contribution in [0.5, 0.6) is 5.75 Å². The van der Waals surface area contributed by atoms with Crippen LogP contribution in [0.15, 0.2) is 23.6 Å². The van der Waals surface area contributed by atoms with E-state index in [0.29, 0.717) is 17.0 Å². The molecule has 1 N–H and O–H groups in total. The van der Waals surface area contributed by atoms with Crippen LogP contribution >= 0.6 is 22.9 Å². The first-order valence-corrected chi connectivity index (χ1v) is 8.18. The van der Waals surface area contributed by atoms with Gasteiger partial charge in [0.15, 0.2) is 0 Å². The fourth-order valence-corrected chi connectivity index (χ4v) is 4.84. The Morgan fingerprint density at radius 1 is 1.35 bits per heavy atom. The van der Waals surface area contributed by atoms with Gasteiger partial charge in [0.2, 0.25) is 0 Å². The molecule has 0 bridgehead atoms. The minimum Gasteiger partial charge on any atom is -0.506 e. The number of phenols is 1. The van der Waals surface area contributed by atoms with Crippen LogP contribution in [0.3, 0.4) is 0 Å². The van der Waals surface area contributed by atoms with E-state index in [9.17, 15) is 5.11 Å². The van der Waals surface area contributed by atoms with E-state index in [4.69, 9.17) is 11.6 Å². The molecule has 104 valence electrons. The Hall–Kier alpha value is -1.03. The van der Waals surface area contributed by atoms with Crippen LogP contribution in [0.25, 0.3) is 0 Å². The molecule has 2 aromatic rings. The van der Waals surface area contributed by atoms with Crippen molar-refractivity contribution in [3.8, 4) is 5.75 Å². The molecule has 0 radical (unpaired) electrons. The van der Waals surface area contributed by atoms with Gasteiger partial charge < -0.3 is 10.0 Å². The van der Waals surface area contributed by atoms with Gasteiger partial charge in [-0.15, -0.1) is 11.3 Å². The van der Waals surface area contributed by atoms with E-state index < -0.39 is 0 Å². The van der Waals surface area contributed by atoms with Crippen LogP contribution in [0.1, 0.15) is 27.5 Å². The highest BCUT2D eigenvalue weighted by molar-refractivity contribution is 7.10. The lowest BCUT2D eigenvalue weighted by Crippen LogP contribution is -2.34. The molecule has 0 saturated carbocycles. The second-order valence-corrected chi connectivity index (χ2v) is 7.19. The molecule has 1 aliphatic heterocycles. The molecule has 2 unspecified atom stereocenters. The summed E-state index contributed by atoms with van der Waals surface area (Å²) in [7, 11) is 2.21. The summed E-state index contributed by atoms with van der Waals surface area (Å²) in [6.07, 6.45) is 2.12. The molecule has 2 nitrogen and oxygen atoms in total. The average Bonchev–Trinajstić information content (AvgIpc) is 2.96. The zero-order chi connectivity index (χ0) is 13.9. The first-order chi connectivity index (χ1) is 9.65. The van der Waals surface area contributed by atoms with E-state index in [0.717, 1.165) is 19.4 Å². The van der Waals surface area contributed by atoms with Crippen LogP contribution in [0.4, 0.5) is 0 Å². The molecule has 4 rings (SSSR count). The van der Waals surface area contributed by atoms with E-state index >= 15 is 0 Å². The normalized spacial score (nSPS) is 24.9. The molecule has 0 amide bonds. The number of hydrogen-bond donors (Lipinski definition) is 1. The minimum atomic E-state index is 0.206. The highest BCUT2D eigenvalue weighted by atomic mass is 35.5. The van der Waals surface area contributed by atoms with Crippen molar-refractivity contribution in [2.45, 2.75) is 24.8 Å². The van der Waals surface area contributed by atoms with Gasteiger partial charge in [-0.2, -0.15) is 0 Å². The van der Waals surface area contributed by atoms with Crippen molar-refractivity contribution in [1.82, 2.24) is 4.90 Å². The van der Waals surface area contributed by atoms with Crippen LogP contribution in [-0.2, 0) is 12.8 Å². The fraction of sp³-hybridized carbons (Fsp3) is 0.375. The van der Waals surface area contributed by atoms with Crippen LogP contribution in [-0.4, -0.2) is 29.6 Å². The fourth-order valence-electron chi connectivity index (χ4n) is 3.68. The van der Waals surface area contributed by atoms with Crippen LogP contribution < -0.4 is 0 Å². The summed E-state index contributed by atoms with van der Waals surface area (Å²) in [6, 6.07) is 6.60. The van der Waals surface area contributed by atoms with Crippen LogP contribution in [0, 0.1) is 0 Å². The Bertz CT molecular complexity index is 681. The number of rotatable bonds is 0. The van der Waals surface area contributed by atoms with Gasteiger partial charge in [-0.05, 0) is 60.2 Å². The molecule has 1 aromatic carbocycles. The van der Waals surface area contributed by atoms with Crippen molar-refractivity contribution in [3.05, 3.63) is 50.2 Å². The highest BCUT2D eigenvalue weighted by Gasteiger charge is 2.39. The summed E-state index contributed by atoms with van der Waals surface area (Å²) < 4.78 is 0. The van der Waals surface area contributed by atoms with Gasteiger partial charge in [0.25, 0.3) is 0 Å². The number of aromatic hydroxyl groups is 1. The van der Waals surface area contributed by atoms with Crippen molar-refractivity contribution < 1.29 is 5.11 Å². The zero-order valence-electron chi connectivity index (χ0n) is 11.3. The summed E-state index contributed by atoms with van der Waals surface area (Å²) in [5.41, 5.74) is 3.99. The molecule has 2 atom stereocenters. The summed E-state index contributed by atoms with van der Waals surface area (Å²) >= 11 is 7.95. The minimum absolute atomic E-state index is 0.206. The lowest BCUT2D eigenvalue weighted by atomic mass is 9.87. The van der Waals surface area contributed by atoms with E-state index in [1.54, 1.807) is 0 Å². The van der Waals surface area contributed by atoms with Gasteiger partial charge >= 0.3 is 0 Å². The number of thiophene rings is 1. The molecule has 2 heterocycles. The van der Waals surface area contributed by atoms with E-state index in [1.807, 2.05) is 23.5 Å². The third-order valence-electron chi connectivity index (χ3n) is 4.74. The molecule has 0 fully saturated rings. The Morgan fingerprint density at radius 3 is 3.05 bits per heavy atom. The first-order valence-electron chi connectivity index (χ1n) is 6.93. The van der Waals surface area contributed by atoms with E-state index in [-0.39, 0.29) is 5.75 Å². The molecule has 0 spiro atoms. The Labute approximate surface area is 127 Å². The molecule has 4 heteroatoms. The largest absolute Gasteiger partial charge is 0.506 e. The number of hydrogen-bond acceptors (Lipinski definition) is 3. The van der Waals surface area contributed by atoms with Crippen molar-refractivity contribution in [2.75, 3.05) is 13.6 Å². The molecule has 2 aliphatic rings. The van der Waals surface area contributed by atoms with Crippen molar-refractivity contribution >= 4 is 22.9 Å². The SMILES string of the molecule is CN1CCc2cc(Cl)c(O)cc2C2c3ccsc3CC21. The number of likely N-dealkylation sites (N-methyl/N-ethyl adjacent to an activating group) is 1. The highest BCUT2D eigenvalue weighted by Crippen LogP contribution is 2.47. The molecular formula is C16H16ClNOS. The van der Waals surface area contributed by atoms with Crippen molar-refractivity contribution in [2.24, 2.45) is 0 Å². The quantitative estimate of drug-likeness (QED) is 0.803. The Kier molecular flexibility index (Phi) is 2.85. The molecule has 1 aromatic heterocycles. The predicted octanol–water partition coefficient (Wildman–Crippen LogP) is 3.65. The second-order valence-electron chi connectivity index (χ2n) is 5.78. The number of fused-ring (bicyclic) bond motifs is 5. The third kappa shape index (κ3) is 1.73. The predicted molar refractivity (Wildman–Crippen MR) is 83.1 cm³/mol. The number of benzene rings is 1. The summed E-state index contributed by atoms with van der Waals surface area (Å²) in [6.45, 7) is 1.05. The maximum atomic E-state index is 10.0. The molecule has 20 heavy (non-hydrogen) atoms. The summed E-state index contributed by atoms with van der Waals surface area (Å²) in [5, 5.41) is 12.7. The monoisotopic (exact) mass is 305 g/mol. The Morgan fingerprint density at radius 2 is 2.20 bits per heavy atom. The van der Waals surface area contributed by atoms with Gasteiger partial charge in [0, 0.05) is 23.4 Å². The van der Waals surface area contributed by atoms with Crippen molar-refractivity contribution in [3.63, 3.8) is 0 Å². The van der Waals surface area contributed by atoms with Gasteiger partial charge in [0.05, 0.1) is 5.02 Å². The summed E-state index contributed by atoms with van der Waals surface area (Å²) in [4.78, 5) is 3.96.